The Balaban J connectivity index is 1.42. The second-order valence-corrected chi connectivity index (χ2v) is 8.27. The Morgan fingerprint density at radius 3 is 2.61 bits per heavy atom. The van der Waals surface area contributed by atoms with Gasteiger partial charge in [0.1, 0.15) is 12.3 Å². The van der Waals surface area contributed by atoms with Crippen LogP contribution in [0, 0.1) is 19.8 Å². The van der Waals surface area contributed by atoms with E-state index in [1.807, 2.05) is 36.7 Å². The summed E-state index contributed by atoms with van der Waals surface area (Å²) in [5, 5.41) is 4.46. The number of aromatic nitrogens is 2. The van der Waals surface area contributed by atoms with E-state index < -0.39 is 0 Å². The maximum Gasteiger partial charge on any atom is 0.244 e. The molecule has 6 nitrogen and oxygen atoms in total. The molecule has 1 aromatic heterocycles. The highest BCUT2D eigenvalue weighted by Crippen LogP contribution is 2.29. The van der Waals surface area contributed by atoms with Crippen LogP contribution >= 0.6 is 0 Å². The third kappa shape index (κ3) is 4.07. The topological polar surface area (TPSA) is 50.6 Å². The van der Waals surface area contributed by atoms with Gasteiger partial charge >= 0.3 is 0 Å². The van der Waals surface area contributed by atoms with Crippen molar-refractivity contribution < 1.29 is 9.53 Å². The molecule has 4 heterocycles. The van der Waals surface area contributed by atoms with Gasteiger partial charge < -0.3 is 9.64 Å². The Hall–Kier alpha value is -2.34. The molecular formula is C22H30N4O2. The number of amides is 1. The predicted octanol–water partition coefficient (Wildman–Crippen LogP) is 2.63. The first-order valence-electron chi connectivity index (χ1n) is 10.2. The van der Waals surface area contributed by atoms with Crippen LogP contribution in [0.25, 0.3) is 0 Å². The number of carbonyl (C=O) groups is 1. The minimum Gasteiger partial charge on any atom is -0.497 e. The van der Waals surface area contributed by atoms with Gasteiger partial charge in [0.2, 0.25) is 5.91 Å². The van der Waals surface area contributed by atoms with Crippen molar-refractivity contribution >= 4 is 5.91 Å². The molecule has 0 aliphatic carbocycles. The van der Waals surface area contributed by atoms with Gasteiger partial charge in [-0.2, -0.15) is 5.10 Å². The SMILES string of the molecule is COc1ccc(CN2C[C@@H]3CC[C@H](C2)N(C(=O)Cn2nc(C)cc2C)C3)cc1. The van der Waals surface area contributed by atoms with Crippen LogP contribution in [0.5, 0.6) is 5.75 Å². The smallest absolute Gasteiger partial charge is 0.244 e. The highest BCUT2D eigenvalue weighted by Gasteiger charge is 2.37. The van der Waals surface area contributed by atoms with Gasteiger partial charge in [-0.25, -0.2) is 0 Å². The quantitative estimate of drug-likeness (QED) is 0.798. The van der Waals surface area contributed by atoms with E-state index in [2.05, 4.69) is 27.0 Å². The molecule has 0 spiro atoms. The Morgan fingerprint density at radius 1 is 1.14 bits per heavy atom. The fourth-order valence-corrected chi connectivity index (χ4v) is 4.66. The molecule has 150 valence electrons. The second-order valence-electron chi connectivity index (χ2n) is 8.27. The summed E-state index contributed by atoms with van der Waals surface area (Å²) in [4.78, 5) is 17.7. The lowest BCUT2D eigenvalue weighted by Gasteiger charge is -2.36. The first-order valence-corrected chi connectivity index (χ1v) is 10.2. The van der Waals surface area contributed by atoms with Crippen molar-refractivity contribution in [2.24, 2.45) is 5.92 Å². The minimum absolute atomic E-state index is 0.201. The number of ether oxygens (including phenoxy) is 1. The second kappa shape index (κ2) is 7.95. The predicted molar refractivity (Wildman–Crippen MR) is 108 cm³/mol. The number of nitrogens with zero attached hydrogens (tertiary/aromatic N) is 4. The number of carbonyl (C=O) groups excluding carboxylic acids is 1. The van der Waals surface area contributed by atoms with Crippen LogP contribution in [-0.4, -0.2) is 58.3 Å². The number of rotatable bonds is 5. The minimum atomic E-state index is 0.201. The molecule has 3 aliphatic heterocycles. The van der Waals surface area contributed by atoms with Gasteiger partial charge in [0.15, 0.2) is 0 Å². The molecule has 2 aromatic rings. The molecule has 1 amide bonds. The van der Waals surface area contributed by atoms with Crippen molar-refractivity contribution in [2.45, 2.75) is 45.8 Å². The maximum absolute atomic E-state index is 13.0. The normalized spacial score (nSPS) is 22.3. The van der Waals surface area contributed by atoms with Crippen LogP contribution in [0.2, 0.25) is 0 Å². The summed E-state index contributed by atoms with van der Waals surface area (Å²) < 4.78 is 7.10. The Labute approximate surface area is 167 Å². The highest BCUT2D eigenvalue weighted by atomic mass is 16.5. The van der Waals surface area contributed by atoms with Gasteiger partial charge in [0.25, 0.3) is 0 Å². The summed E-state index contributed by atoms with van der Waals surface area (Å²) >= 11 is 0. The van der Waals surface area contributed by atoms with Crippen molar-refractivity contribution in [1.82, 2.24) is 19.6 Å². The molecule has 0 N–H and O–H groups in total. The van der Waals surface area contributed by atoms with Crippen LogP contribution in [-0.2, 0) is 17.9 Å². The lowest BCUT2D eigenvalue weighted by Crippen LogP contribution is -2.48. The number of aryl methyl sites for hydroxylation is 2. The summed E-state index contributed by atoms with van der Waals surface area (Å²) in [6, 6.07) is 10.6. The van der Waals surface area contributed by atoms with E-state index in [9.17, 15) is 4.79 Å². The van der Waals surface area contributed by atoms with Crippen molar-refractivity contribution in [1.29, 1.82) is 0 Å². The van der Waals surface area contributed by atoms with E-state index >= 15 is 0 Å². The van der Waals surface area contributed by atoms with Crippen LogP contribution < -0.4 is 4.74 Å². The first-order chi connectivity index (χ1) is 13.5. The monoisotopic (exact) mass is 382 g/mol. The zero-order valence-electron chi connectivity index (χ0n) is 17.1. The first kappa shape index (κ1) is 19.0. The molecule has 0 unspecified atom stereocenters. The van der Waals surface area contributed by atoms with E-state index in [1.54, 1.807) is 7.11 Å². The molecule has 1 aromatic carbocycles. The molecule has 28 heavy (non-hydrogen) atoms. The number of methoxy groups -OCH3 is 1. The Kier molecular flexibility index (Phi) is 5.40. The zero-order chi connectivity index (χ0) is 19.7. The fraction of sp³-hybridized carbons (Fsp3) is 0.545. The summed E-state index contributed by atoms with van der Waals surface area (Å²) in [5.41, 5.74) is 3.31. The molecule has 3 fully saturated rings. The van der Waals surface area contributed by atoms with Gasteiger partial charge in [-0.1, -0.05) is 12.1 Å². The molecular weight excluding hydrogens is 352 g/mol. The van der Waals surface area contributed by atoms with Gasteiger partial charge in [-0.15, -0.1) is 0 Å². The summed E-state index contributed by atoms with van der Waals surface area (Å²) in [5.74, 6) is 1.65. The average molecular weight is 383 g/mol. The van der Waals surface area contributed by atoms with Gasteiger partial charge in [0, 0.05) is 37.9 Å². The molecule has 3 saturated heterocycles. The van der Waals surface area contributed by atoms with Gasteiger partial charge in [-0.3, -0.25) is 14.4 Å². The number of benzene rings is 1. The molecule has 5 rings (SSSR count). The van der Waals surface area contributed by atoms with E-state index in [4.69, 9.17) is 4.74 Å². The van der Waals surface area contributed by atoms with E-state index in [0.717, 1.165) is 49.7 Å². The number of hydrogen-bond acceptors (Lipinski definition) is 4. The maximum atomic E-state index is 13.0. The third-order valence-electron chi connectivity index (χ3n) is 6.06. The molecule has 6 heteroatoms. The molecule has 0 saturated carbocycles. The average Bonchev–Trinajstić information content (AvgIpc) is 2.85. The fourth-order valence-electron chi connectivity index (χ4n) is 4.66. The van der Waals surface area contributed by atoms with Gasteiger partial charge in [0.05, 0.1) is 12.8 Å². The van der Waals surface area contributed by atoms with Crippen LogP contribution in [0.4, 0.5) is 0 Å². The van der Waals surface area contributed by atoms with Crippen molar-refractivity contribution in [3.05, 3.63) is 47.3 Å². The molecule has 0 radical (unpaired) electrons. The summed E-state index contributed by atoms with van der Waals surface area (Å²) in [7, 11) is 1.69. The largest absolute Gasteiger partial charge is 0.497 e. The Bertz CT molecular complexity index is 830. The standard InChI is InChI=1S/C22H30N4O2/c1-16-10-17(2)26(23-16)15-22(27)25-13-19-4-7-20(25)14-24(12-19)11-18-5-8-21(28-3)9-6-18/h5-6,8-10,19-20H,4,7,11-15H2,1-3H3/t19-,20+/m0/s1. The zero-order valence-corrected chi connectivity index (χ0v) is 17.1. The summed E-state index contributed by atoms with van der Waals surface area (Å²) in [6.07, 6.45) is 2.32. The van der Waals surface area contributed by atoms with E-state index in [0.29, 0.717) is 18.5 Å². The number of fused-ring (bicyclic) bond motifs is 4. The van der Waals surface area contributed by atoms with Gasteiger partial charge in [-0.05, 0) is 56.4 Å². The lowest BCUT2D eigenvalue weighted by atomic mass is 9.95. The third-order valence-corrected chi connectivity index (χ3v) is 6.06. The summed E-state index contributed by atoms with van der Waals surface area (Å²) in [6.45, 7) is 8.15. The van der Waals surface area contributed by atoms with Crippen LogP contribution in [0.3, 0.4) is 0 Å². The molecule has 3 aliphatic rings. The molecule has 2 atom stereocenters. The van der Waals surface area contributed by atoms with E-state index in [-0.39, 0.29) is 5.91 Å². The molecule has 2 bridgehead atoms. The van der Waals surface area contributed by atoms with Crippen LogP contribution in [0.1, 0.15) is 29.8 Å². The van der Waals surface area contributed by atoms with Crippen LogP contribution in [0.15, 0.2) is 30.3 Å². The van der Waals surface area contributed by atoms with Crippen molar-refractivity contribution in [2.75, 3.05) is 26.7 Å². The number of hydrogen-bond donors (Lipinski definition) is 0. The van der Waals surface area contributed by atoms with Crippen molar-refractivity contribution in [3.63, 3.8) is 0 Å². The van der Waals surface area contributed by atoms with E-state index in [1.165, 1.54) is 12.0 Å². The lowest BCUT2D eigenvalue weighted by molar-refractivity contribution is -0.136. The number of piperidine rings is 1. The van der Waals surface area contributed by atoms with Crippen molar-refractivity contribution in [3.8, 4) is 5.75 Å². The highest BCUT2D eigenvalue weighted by molar-refractivity contribution is 5.76. The Morgan fingerprint density at radius 2 is 1.93 bits per heavy atom.